The molecule has 0 bridgehead atoms. The monoisotopic (exact) mass is 399 g/mol. The molecule has 0 unspecified atom stereocenters. The van der Waals surface area contributed by atoms with E-state index in [1.54, 1.807) is 29.4 Å². The Hall–Kier alpha value is -3.47. The second-order valence-corrected chi connectivity index (χ2v) is 7.53. The van der Waals surface area contributed by atoms with Gasteiger partial charge in [-0.05, 0) is 67.1 Å². The summed E-state index contributed by atoms with van der Waals surface area (Å²) in [7, 11) is 0. The third-order valence-corrected chi connectivity index (χ3v) is 5.37. The Labute approximate surface area is 176 Å². The molecule has 5 heteroatoms. The summed E-state index contributed by atoms with van der Waals surface area (Å²) in [5, 5.41) is 2.99. The molecule has 30 heavy (non-hydrogen) atoms. The molecule has 2 amide bonds. The minimum atomic E-state index is -0.0444. The number of nitrogens with one attached hydrogen (secondary N) is 1. The van der Waals surface area contributed by atoms with Crippen molar-refractivity contribution in [3.05, 3.63) is 89.7 Å². The van der Waals surface area contributed by atoms with Gasteiger partial charge in [0, 0.05) is 36.7 Å². The fourth-order valence-electron chi connectivity index (χ4n) is 3.82. The highest BCUT2D eigenvalue weighted by Crippen LogP contribution is 2.31. The van der Waals surface area contributed by atoms with Crippen LogP contribution in [0.1, 0.15) is 40.7 Å². The number of rotatable bonds is 7. The van der Waals surface area contributed by atoms with Crippen molar-refractivity contribution in [2.24, 2.45) is 0 Å². The lowest BCUT2D eigenvalue weighted by atomic mass is 10.1. The predicted molar refractivity (Wildman–Crippen MR) is 119 cm³/mol. The van der Waals surface area contributed by atoms with Crippen molar-refractivity contribution in [3.8, 4) is 0 Å². The van der Waals surface area contributed by atoms with Crippen LogP contribution in [0.15, 0.2) is 73.1 Å². The zero-order valence-electron chi connectivity index (χ0n) is 16.9. The number of aryl methyl sites for hydroxylation is 1. The number of carbonyl (C=O) groups is 2. The van der Waals surface area contributed by atoms with Gasteiger partial charge in [0.25, 0.3) is 5.91 Å². The van der Waals surface area contributed by atoms with Crippen LogP contribution in [-0.2, 0) is 17.6 Å². The summed E-state index contributed by atoms with van der Waals surface area (Å²) >= 11 is 0. The van der Waals surface area contributed by atoms with Gasteiger partial charge in [-0.3, -0.25) is 14.6 Å². The molecule has 5 nitrogen and oxygen atoms in total. The highest BCUT2D eigenvalue weighted by Gasteiger charge is 2.26. The topological polar surface area (TPSA) is 62.3 Å². The van der Waals surface area contributed by atoms with Crippen LogP contribution in [0.2, 0.25) is 0 Å². The number of amides is 2. The van der Waals surface area contributed by atoms with Gasteiger partial charge in [-0.2, -0.15) is 0 Å². The first-order valence-corrected chi connectivity index (χ1v) is 10.4. The van der Waals surface area contributed by atoms with Crippen molar-refractivity contribution in [3.63, 3.8) is 0 Å². The van der Waals surface area contributed by atoms with E-state index < -0.39 is 0 Å². The van der Waals surface area contributed by atoms with E-state index in [0.29, 0.717) is 18.5 Å². The van der Waals surface area contributed by atoms with Gasteiger partial charge >= 0.3 is 0 Å². The Bertz CT molecular complexity index is 1020. The second-order valence-electron chi connectivity index (χ2n) is 7.53. The molecule has 0 spiro atoms. The number of hydrogen-bond acceptors (Lipinski definition) is 3. The third-order valence-electron chi connectivity index (χ3n) is 5.37. The van der Waals surface area contributed by atoms with Crippen LogP contribution in [0, 0.1) is 0 Å². The van der Waals surface area contributed by atoms with Crippen LogP contribution in [0.25, 0.3) is 0 Å². The van der Waals surface area contributed by atoms with Gasteiger partial charge in [0.15, 0.2) is 0 Å². The van der Waals surface area contributed by atoms with E-state index in [-0.39, 0.29) is 11.8 Å². The average molecular weight is 399 g/mol. The van der Waals surface area contributed by atoms with Gasteiger partial charge in [0.2, 0.25) is 5.91 Å². The molecule has 1 aliphatic rings. The van der Waals surface area contributed by atoms with Crippen LogP contribution < -0.4 is 10.2 Å². The third kappa shape index (κ3) is 4.74. The molecule has 1 aliphatic heterocycles. The van der Waals surface area contributed by atoms with Crippen LogP contribution in [0.3, 0.4) is 0 Å². The number of hydrogen-bond donors (Lipinski definition) is 1. The van der Waals surface area contributed by atoms with Crippen molar-refractivity contribution in [1.29, 1.82) is 0 Å². The summed E-state index contributed by atoms with van der Waals surface area (Å²) in [6, 6.07) is 19.7. The van der Waals surface area contributed by atoms with E-state index in [1.165, 1.54) is 5.56 Å². The zero-order chi connectivity index (χ0) is 20.8. The Morgan fingerprint density at radius 2 is 1.87 bits per heavy atom. The van der Waals surface area contributed by atoms with Crippen LogP contribution >= 0.6 is 0 Å². The first-order chi connectivity index (χ1) is 14.7. The Morgan fingerprint density at radius 3 is 2.67 bits per heavy atom. The molecule has 0 saturated carbocycles. The van der Waals surface area contributed by atoms with Crippen molar-refractivity contribution in [1.82, 2.24) is 4.98 Å². The molecule has 2 aromatic carbocycles. The summed E-state index contributed by atoms with van der Waals surface area (Å²) in [5.74, 6) is -0.0126. The molecule has 1 aromatic heterocycles. The summed E-state index contributed by atoms with van der Waals surface area (Å²) < 4.78 is 0. The molecule has 0 radical (unpaired) electrons. The predicted octanol–water partition coefficient (Wildman–Crippen LogP) is 4.64. The molecule has 0 fully saturated rings. The summed E-state index contributed by atoms with van der Waals surface area (Å²) in [5.41, 5.74) is 4.66. The second kappa shape index (κ2) is 9.35. The van der Waals surface area contributed by atoms with E-state index in [4.69, 9.17) is 0 Å². The SMILES string of the molecule is O=C(CCCCc1ccccc1)Nc1ccc2c(c1)CCN2C(=O)c1cccnc1. The summed E-state index contributed by atoms with van der Waals surface area (Å²) in [6.07, 6.45) is 7.38. The molecular weight excluding hydrogens is 374 g/mol. The van der Waals surface area contributed by atoms with Gasteiger partial charge < -0.3 is 10.2 Å². The Kier molecular flexibility index (Phi) is 6.18. The van der Waals surface area contributed by atoms with Crippen molar-refractivity contribution < 1.29 is 9.59 Å². The van der Waals surface area contributed by atoms with E-state index in [1.807, 2.05) is 36.4 Å². The lowest BCUT2D eigenvalue weighted by molar-refractivity contribution is -0.116. The molecule has 3 aromatic rings. The maximum atomic E-state index is 12.7. The van der Waals surface area contributed by atoms with Gasteiger partial charge in [0.05, 0.1) is 5.56 Å². The van der Waals surface area contributed by atoms with Gasteiger partial charge in [0.1, 0.15) is 0 Å². The van der Waals surface area contributed by atoms with Crippen LogP contribution in [-0.4, -0.2) is 23.3 Å². The maximum Gasteiger partial charge on any atom is 0.259 e. The molecular formula is C25H25N3O2. The van der Waals surface area contributed by atoms with Crippen molar-refractivity contribution >= 4 is 23.2 Å². The zero-order valence-corrected chi connectivity index (χ0v) is 16.9. The molecule has 1 N–H and O–H groups in total. The lowest BCUT2D eigenvalue weighted by Gasteiger charge is -2.17. The average Bonchev–Trinajstić information content (AvgIpc) is 3.21. The number of nitrogens with zero attached hydrogens (tertiary/aromatic N) is 2. The highest BCUT2D eigenvalue weighted by atomic mass is 16.2. The van der Waals surface area contributed by atoms with Crippen molar-refractivity contribution in [2.45, 2.75) is 32.1 Å². The summed E-state index contributed by atoms with van der Waals surface area (Å²) in [6.45, 7) is 0.639. The minimum Gasteiger partial charge on any atom is -0.326 e. The van der Waals surface area contributed by atoms with Crippen molar-refractivity contribution in [2.75, 3.05) is 16.8 Å². The smallest absolute Gasteiger partial charge is 0.259 e. The first-order valence-electron chi connectivity index (χ1n) is 10.4. The van der Waals surface area contributed by atoms with E-state index >= 15 is 0 Å². The Balaban J connectivity index is 1.30. The van der Waals surface area contributed by atoms with Crippen LogP contribution in [0.5, 0.6) is 0 Å². The van der Waals surface area contributed by atoms with E-state index in [2.05, 4.69) is 22.4 Å². The molecule has 4 rings (SSSR count). The van der Waals surface area contributed by atoms with Crippen LogP contribution in [0.4, 0.5) is 11.4 Å². The number of aromatic nitrogens is 1. The first kappa shape index (κ1) is 19.8. The minimum absolute atomic E-state index is 0.0318. The number of unbranched alkanes of at least 4 members (excludes halogenated alkanes) is 1. The standard InChI is InChI=1S/C25H25N3O2/c29-24(11-5-4-9-19-7-2-1-3-8-19)27-22-12-13-23-20(17-22)14-16-28(23)25(30)21-10-6-15-26-18-21/h1-3,6-8,10,12-13,15,17-18H,4-5,9,11,14,16H2,(H,27,29). The largest absolute Gasteiger partial charge is 0.326 e. The fourth-order valence-corrected chi connectivity index (χ4v) is 3.82. The fraction of sp³-hybridized carbons (Fsp3) is 0.240. The molecule has 0 aliphatic carbocycles. The molecule has 152 valence electrons. The normalized spacial score (nSPS) is 12.5. The molecule has 0 saturated heterocycles. The van der Waals surface area contributed by atoms with Gasteiger partial charge in [-0.25, -0.2) is 0 Å². The van der Waals surface area contributed by atoms with Gasteiger partial charge in [-0.15, -0.1) is 0 Å². The highest BCUT2D eigenvalue weighted by molar-refractivity contribution is 6.07. The maximum absolute atomic E-state index is 12.7. The van der Waals surface area contributed by atoms with E-state index in [0.717, 1.165) is 42.6 Å². The number of fused-ring (bicyclic) bond motifs is 1. The van der Waals surface area contributed by atoms with E-state index in [9.17, 15) is 9.59 Å². The number of carbonyl (C=O) groups excluding carboxylic acids is 2. The quantitative estimate of drug-likeness (QED) is 0.589. The van der Waals surface area contributed by atoms with Gasteiger partial charge in [-0.1, -0.05) is 30.3 Å². The number of anilines is 2. The molecule has 2 heterocycles. The number of benzene rings is 2. The number of pyridine rings is 1. The Morgan fingerprint density at radius 1 is 1.00 bits per heavy atom. The molecule has 0 atom stereocenters. The summed E-state index contributed by atoms with van der Waals surface area (Å²) in [4.78, 5) is 30.8. The lowest BCUT2D eigenvalue weighted by Crippen LogP contribution is -2.28.